The van der Waals surface area contributed by atoms with Crippen molar-refractivity contribution in [3.05, 3.63) is 33.9 Å². The predicted molar refractivity (Wildman–Crippen MR) is 72.2 cm³/mol. The standard InChI is InChI=1S/C13H14N2O3S/c16-15(17)9-3-4-11-10(6-9)12-7-1-2-8(5-7)13(12)19(18)14-11/h3-4,6-8,12-14H,1-2,5H2/t7-,8-,12-,13+,19+/m0/s1. The first kappa shape index (κ1) is 11.4. The Labute approximate surface area is 113 Å². The lowest BCUT2D eigenvalue weighted by Gasteiger charge is -2.36. The van der Waals surface area contributed by atoms with Crippen molar-refractivity contribution < 1.29 is 9.13 Å². The molecule has 1 N–H and O–H groups in total. The zero-order valence-corrected chi connectivity index (χ0v) is 11.1. The molecule has 2 aliphatic carbocycles. The van der Waals surface area contributed by atoms with Crippen LogP contribution in [0.2, 0.25) is 0 Å². The summed E-state index contributed by atoms with van der Waals surface area (Å²) in [6.45, 7) is 0. The number of non-ortho nitro benzene ring substituents is 1. The van der Waals surface area contributed by atoms with E-state index in [0.717, 1.165) is 24.1 Å². The molecule has 1 aromatic carbocycles. The molecule has 0 spiro atoms. The van der Waals surface area contributed by atoms with Gasteiger partial charge in [-0.3, -0.25) is 10.1 Å². The predicted octanol–water partition coefficient (Wildman–Crippen LogP) is 2.57. The van der Waals surface area contributed by atoms with E-state index in [2.05, 4.69) is 4.72 Å². The van der Waals surface area contributed by atoms with Gasteiger partial charge in [0.25, 0.3) is 5.69 Å². The van der Waals surface area contributed by atoms with Gasteiger partial charge < -0.3 is 4.72 Å². The number of hydrogen-bond donors (Lipinski definition) is 1. The molecule has 0 saturated heterocycles. The van der Waals surface area contributed by atoms with Gasteiger partial charge in [-0.2, -0.15) is 0 Å². The van der Waals surface area contributed by atoms with Gasteiger partial charge >= 0.3 is 0 Å². The summed E-state index contributed by atoms with van der Waals surface area (Å²) in [5.41, 5.74) is 1.96. The second kappa shape index (κ2) is 3.79. The molecule has 3 aliphatic rings. The largest absolute Gasteiger partial charge is 0.305 e. The summed E-state index contributed by atoms with van der Waals surface area (Å²) in [5.74, 6) is 1.33. The first-order valence-electron chi connectivity index (χ1n) is 6.60. The van der Waals surface area contributed by atoms with Crippen LogP contribution in [-0.4, -0.2) is 14.4 Å². The van der Waals surface area contributed by atoms with Crippen molar-refractivity contribution in [2.75, 3.05) is 4.72 Å². The average molecular weight is 278 g/mol. The fourth-order valence-corrected chi connectivity index (χ4v) is 5.96. The van der Waals surface area contributed by atoms with Crippen molar-refractivity contribution in [3.63, 3.8) is 0 Å². The molecule has 2 bridgehead atoms. The molecule has 6 heteroatoms. The summed E-state index contributed by atoms with van der Waals surface area (Å²) < 4.78 is 15.3. The van der Waals surface area contributed by atoms with Gasteiger partial charge in [0, 0.05) is 18.1 Å². The Morgan fingerprint density at radius 1 is 1.32 bits per heavy atom. The van der Waals surface area contributed by atoms with Crippen LogP contribution in [0, 0.1) is 22.0 Å². The number of nitrogens with one attached hydrogen (secondary N) is 1. The average Bonchev–Trinajstić information content (AvgIpc) is 2.99. The van der Waals surface area contributed by atoms with E-state index in [9.17, 15) is 14.3 Å². The van der Waals surface area contributed by atoms with Crippen LogP contribution < -0.4 is 4.72 Å². The Morgan fingerprint density at radius 2 is 2.11 bits per heavy atom. The fourth-order valence-electron chi connectivity index (χ4n) is 4.19. The molecule has 0 radical (unpaired) electrons. The molecule has 4 rings (SSSR count). The summed E-state index contributed by atoms with van der Waals surface area (Å²) >= 11 is 0. The number of nitro groups is 1. The van der Waals surface area contributed by atoms with Crippen molar-refractivity contribution in [3.8, 4) is 0 Å². The molecular formula is C13H14N2O3S. The molecule has 1 aliphatic heterocycles. The molecular weight excluding hydrogens is 264 g/mol. The molecule has 1 heterocycles. The summed E-state index contributed by atoms with van der Waals surface area (Å²) in [6.07, 6.45) is 3.46. The SMILES string of the molecule is O=[N+]([O-])c1ccc2c(c1)[C@@H]1[C@H]3CC[C@@H](C3)[C@H]1[S@@](=O)N2. The molecule has 0 aromatic heterocycles. The molecule has 0 amide bonds. The van der Waals surface area contributed by atoms with Crippen molar-refractivity contribution >= 4 is 22.4 Å². The third-order valence-corrected chi connectivity index (χ3v) is 6.50. The number of rotatable bonds is 1. The highest BCUT2D eigenvalue weighted by molar-refractivity contribution is 7.87. The van der Waals surface area contributed by atoms with E-state index in [-0.39, 0.29) is 21.8 Å². The van der Waals surface area contributed by atoms with E-state index in [4.69, 9.17) is 0 Å². The lowest BCUT2D eigenvalue weighted by Crippen LogP contribution is -2.37. The van der Waals surface area contributed by atoms with Crippen LogP contribution >= 0.6 is 0 Å². The van der Waals surface area contributed by atoms with E-state index in [1.54, 1.807) is 12.1 Å². The van der Waals surface area contributed by atoms with Crippen molar-refractivity contribution in [1.82, 2.24) is 0 Å². The molecule has 0 unspecified atom stereocenters. The van der Waals surface area contributed by atoms with E-state index in [1.807, 2.05) is 0 Å². The number of nitro benzene ring substituents is 1. The first-order valence-corrected chi connectivity index (χ1v) is 7.82. The van der Waals surface area contributed by atoms with Gasteiger partial charge in [-0.1, -0.05) is 0 Å². The minimum atomic E-state index is -1.04. The Morgan fingerprint density at radius 3 is 2.89 bits per heavy atom. The van der Waals surface area contributed by atoms with Crippen molar-refractivity contribution in [1.29, 1.82) is 0 Å². The summed E-state index contributed by atoms with van der Waals surface area (Å²) in [5, 5.41) is 11.1. The number of anilines is 1. The highest BCUT2D eigenvalue weighted by Crippen LogP contribution is 2.58. The monoisotopic (exact) mass is 278 g/mol. The number of hydrogen-bond acceptors (Lipinski definition) is 3. The lowest BCUT2D eigenvalue weighted by atomic mass is 9.82. The molecule has 19 heavy (non-hydrogen) atoms. The Bertz CT molecular complexity index is 604. The molecule has 2 saturated carbocycles. The van der Waals surface area contributed by atoms with Crippen LogP contribution in [0.1, 0.15) is 30.7 Å². The van der Waals surface area contributed by atoms with Gasteiger partial charge in [-0.05, 0) is 42.7 Å². The third-order valence-electron chi connectivity index (χ3n) is 4.90. The second-order valence-corrected chi connectivity index (χ2v) is 7.10. The van der Waals surface area contributed by atoms with Crippen LogP contribution in [0.4, 0.5) is 11.4 Å². The van der Waals surface area contributed by atoms with Crippen LogP contribution in [0.5, 0.6) is 0 Å². The van der Waals surface area contributed by atoms with Gasteiger partial charge in [0.05, 0.1) is 15.9 Å². The number of nitrogens with zero attached hydrogens (tertiary/aromatic N) is 1. The molecule has 5 nitrogen and oxygen atoms in total. The topological polar surface area (TPSA) is 72.2 Å². The first-order chi connectivity index (χ1) is 9.15. The van der Waals surface area contributed by atoms with Crippen molar-refractivity contribution in [2.45, 2.75) is 30.4 Å². The van der Waals surface area contributed by atoms with Crippen molar-refractivity contribution in [2.24, 2.45) is 11.8 Å². The zero-order chi connectivity index (χ0) is 13.1. The summed E-state index contributed by atoms with van der Waals surface area (Å²) in [4.78, 5) is 10.6. The van der Waals surface area contributed by atoms with Crippen LogP contribution in [0.25, 0.3) is 0 Å². The molecule has 1 aromatic rings. The zero-order valence-electron chi connectivity index (χ0n) is 10.2. The Hall–Kier alpha value is -1.43. The number of benzene rings is 1. The van der Waals surface area contributed by atoms with E-state index in [1.165, 1.54) is 12.5 Å². The maximum Gasteiger partial charge on any atom is 0.269 e. The van der Waals surface area contributed by atoms with Gasteiger partial charge in [-0.15, -0.1) is 0 Å². The second-order valence-electron chi connectivity index (χ2n) is 5.75. The van der Waals surface area contributed by atoms with Crippen LogP contribution in [-0.2, 0) is 11.0 Å². The van der Waals surface area contributed by atoms with E-state index < -0.39 is 11.0 Å². The summed E-state index contributed by atoms with van der Waals surface area (Å²) in [6, 6.07) is 4.86. The maximum atomic E-state index is 12.3. The molecule has 2 fully saturated rings. The smallest absolute Gasteiger partial charge is 0.269 e. The third kappa shape index (κ3) is 1.49. The van der Waals surface area contributed by atoms with Crippen LogP contribution in [0.3, 0.4) is 0 Å². The summed E-state index contributed by atoms with van der Waals surface area (Å²) in [7, 11) is -1.04. The highest BCUT2D eigenvalue weighted by Gasteiger charge is 2.53. The molecule has 5 atom stereocenters. The molecule has 100 valence electrons. The lowest BCUT2D eigenvalue weighted by molar-refractivity contribution is -0.384. The van der Waals surface area contributed by atoms with E-state index >= 15 is 0 Å². The van der Waals surface area contributed by atoms with Gasteiger partial charge in [0.1, 0.15) is 11.0 Å². The fraction of sp³-hybridized carbons (Fsp3) is 0.538. The number of fused-ring (bicyclic) bond motifs is 7. The quantitative estimate of drug-likeness (QED) is 0.634. The minimum absolute atomic E-state index is 0.134. The van der Waals surface area contributed by atoms with Gasteiger partial charge in [0.2, 0.25) is 0 Å². The maximum absolute atomic E-state index is 12.3. The highest BCUT2D eigenvalue weighted by atomic mass is 32.2. The Kier molecular flexibility index (Phi) is 2.27. The van der Waals surface area contributed by atoms with Gasteiger partial charge in [0.15, 0.2) is 0 Å². The van der Waals surface area contributed by atoms with Gasteiger partial charge in [-0.25, -0.2) is 4.21 Å². The van der Waals surface area contributed by atoms with Crippen LogP contribution in [0.15, 0.2) is 18.2 Å². The van der Waals surface area contributed by atoms with E-state index in [0.29, 0.717) is 11.8 Å². The Balaban J connectivity index is 1.85. The normalized spacial score (nSPS) is 38.4. The minimum Gasteiger partial charge on any atom is -0.305 e.